The molecule has 0 heterocycles. The minimum atomic E-state index is -1.85. The quantitative estimate of drug-likeness (QED) is 0.280. The zero-order valence-electron chi connectivity index (χ0n) is 17.2. The molecular formula is C20H38O3Si. The van der Waals surface area contributed by atoms with Crippen molar-refractivity contribution in [1.82, 2.24) is 0 Å². The fourth-order valence-corrected chi connectivity index (χ4v) is 9.46. The van der Waals surface area contributed by atoms with Crippen LogP contribution in [0, 0.1) is 5.92 Å². The van der Waals surface area contributed by atoms with Gasteiger partial charge in [0, 0.05) is 25.5 Å². The van der Waals surface area contributed by atoms with Gasteiger partial charge in [0.15, 0.2) is 8.32 Å². The van der Waals surface area contributed by atoms with Gasteiger partial charge in [-0.25, -0.2) is 0 Å². The Bertz CT molecular complexity index is 428. The average Bonchev–Trinajstić information content (AvgIpc) is 2.41. The first-order valence-corrected chi connectivity index (χ1v) is 11.3. The second-order valence-corrected chi connectivity index (χ2v) is 13.4. The summed E-state index contributed by atoms with van der Waals surface area (Å²) in [5.74, 6) is -0.152. The number of hydrogen-bond donors (Lipinski definition) is 0. The summed E-state index contributed by atoms with van der Waals surface area (Å²) in [4.78, 5) is 11.4. The summed E-state index contributed by atoms with van der Waals surface area (Å²) < 4.78 is 12.1. The van der Waals surface area contributed by atoms with Crippen LogP contribution in [0.15, 0.2) is 18.4 Å². The lowest BCUT2D eigenvalue weighted by Gasteiger charge is -2.42. The normalized spacial score (nSPS) is 16.0. The summed E-state index contributed by atoms with van der Waals surface area (Å²) in [5.41, 5.74) is 3.80. The lowest BCUT2D eigenvalue weighted by Crippen LogP contribution is -2.48. The molecule has 0 radical (unpaired) electrons. The molecule has 0 amide bonds. The Morgan fingerprint density at radius 2 is 1.58 bits per heavy atom. The van der Waals surface area contributed by atoms with Gasteiger partial charge >= 0.3 is 5.97 Å². The Morgan fingerprint density at radius 3 is 1.92 bits per heavy atom. The number of carbonyl (C=O) groups is 1. The topological polar surface area (TPSA) is 35.5 Å². The lowest BCUT2D eigenvalue weighted by atomic mass is 9.88. The number of carbonyl (C=O) groups excluding carboxylic acids is 1. The SMILES string of the molecule is C=C=CC(C)(OC(C)=O)[C@@H](C)CCO[Si](C(C)C)(C(C)C)C(C)C. The van der Waals surface area contributed by atoms with Crippen molar-refractivity contribution < 1.29 is 14.0 Å². The Balaban J connectivity index is 5.10. The molecule has 0 bridgehead atoms. The summed E-state index contributed by atoms with van der Waals surface area (Å²) >= 11 is 0. The van der Waals surface area contributed by atoms with Crippen LogP contribution in [0.25, 0.3) is 0 Å². The molecule has 0 aromatic heterocycles. The zero-order valence-corrected chi connectivity index (χ0v) is 18.2. The van der Waals surface area contributed by atoms with E-state index in [2.05, 4.69) is 60.8 Å². The number of hydrogen-bond acceptors (Lipinski definition) is 3. The highest BCUT2D eigenvalue weighted by Gasteiger charge is 2.45. The van der Waals surface area contributed by atoms with Gasteiger partial charge in [-0.05, 0) is 30.0 Å². The first-order valence-electron chi connectivity index (χ1n) is 9.14. The van der Waals surface area contributed by atoms with E-state index in [4.69, 9.17) is 9.16 Å². The van der Waals surface area contributed by atoms with Crippen LogP contribution in [0.3, 0.4) is 0 Å². The molecule has 0 aliphatic rings. The van der Waals surface area contributed by atoms with E-state index in [1.807, 2.05) is 6.92 Å². The molecule has 140 valence electrons. The van der Waals surface area contributed by atoms with Crippen LogP contribution >= 0.6 is 0 Å². The highest BCUT2D eigenvalue weighted by Crippen LogP contribution is 2.42. The molecule has 0 N–H and O–H groups in total. The standard InChI is InChI=1S/C20H38O3Si/c1-11-13-20(10,23-19(9)21)18(8)12-14-22-24(15(2)3,16(4)5)17(6)7/h13,15-18H,1,12,14H2,2-10H3/t18-,20?/m0/s1. The first kappa shape index (κ1) is 23.2. The molecule has 0 aromatic carbocycles. The third-order valence-corrected chi connectivity index (χ3v) is 11.5. The van der Waals surface area contributed by atoms with Gasteiger partial charge in [-0.1, -0.05) is 55.0 Å². The zero-order chi connectivity index (χ0) is 19.1. The Labute approximate surface area is 150 Å². The Kier molecular flexibility index (Phi) is 9.27. The van der Waals surface area contributed by atoms with Crippen LogP contribution < -0.4 is 0 Å². The van der Waals surface area contributed by atoms with Gasteiger partial charge in [0.2, 0.25) is 0 Å². The van der Waals surface area contributed by atoms with Crippen LogP contribution in [0.4, 0.5) is 0 Å². The second-order valence-electron chi connectivity index (χ2n) is 7.98. The van der Waals surface area contributed by atoms with E-state index in [1.54, 1.807) is 6.08 Å². The van der Waals surface area contributed by atoms with Crippen molar-refractivity contribution in [3.05, 3.63) is 18.4 Å². The summed E-state index contributed by atoms with van der Waals surface area (Å²) in [5, 5.41) is 0. The van der Waals surface area contributed by atoms with Crippen LogP contribution in [-0.2, 0) is 14.0 Å². The Morgan fingerprint density at radius 1 is 1.12 bits per heavy atom. The fraction of sp³-hybridized carbons (Fsp3) is 0.800. The number of ether oxygens (including phenoxy) is 1. The molecule has 24 heavy (non-hydrogen) atoms. The summed E-state index contributed by atoms with van der Waals surface area (Å²) in [6.45, 7) is 23.5. The molecular weight excluding hydrogens is 316 g/mol. The predicted molar refractivity (Wildman–Crippen MR) is 105 cm³/mol. The predicted octanol–water partition coefficient (Wildman–Crippen LogP) is 5.87. The molecule has 0 saturated carbocycles. The van der Waals surface area contributed by atoms with Crippen LogP contribution in [0.5, 0.6) is 0 Å². The highest BCUT2D eigenvalue weighted by molar-refractivity contribution is 6.77. The van der Waals surface area contributed by atoms with E-state index in [0.717, 1.165) is 6.42 Å². The van der Waals surface area contributed by atoms with Crippen molar-refractivity contribution in [3.8, 4) is 0 Å². The lowest BCUT2D eigenvalue weighted by molar-refractivity contribution is -0.155. The maximum absolute atomic E-state index is 11.4. The van der Waals surface area contributed by atoms with Crippen molar-refractivity contribution in [2.24, 2.45) is 5.92 Å². The fourth-order valence-electron chi connectivity index (χ4n) is 3.98. The molecule has 2 atom stereocenters. The van der Waals surface area contributed by atoms with E-state index in [0.29, 0.717) is 23.2 Å². The second kappa shape index (κ2) is 9.60. The molecule has 0 saturated heterocycles. The molecule has 0 aliphatic heterocycles. The summed E-state index contributed by atoms with van der Waals surface area (Å²) in [6, 6.07) is 0. The van der Waals surface area contributed by atoms with Gasteiger partial charge in [-0.2, -0.15) is 0 Å². The minimum absolute atomic E-state index is 0.133. The van der Waals surface area contributed by atoms with Crippen molar-refractivity contribution in [2.45, 2.75) is 91.0 Å². The van der Waals surface area contributed by atoms with Crippen molar-refractivity contribution in [2.75, 3.05) is 6.61 Å². The van der Waals surface area contributed by atoms with E-state index in [-0.39, 0.29) is 11.9 Å². The molecule has 3 nitrogen and oxygen atoms in total. The van der Waals surface area contributed by atoms with Crippen molar-refractivity contribution in [3.63, 3.8) is 0 Å². The number of esters is 1. The maximum atomic E-state index is 11.4. The van der Waals surface area contributed by atoms with Crippen molar-refractivity contribution >= 4 is 14.3 Å². The molecule has 0 aliphatic carbocycles. The first-order chi connectivity index (χ1) is 10.9. The molecule has 0 spiro atoms. The van der Waals surface area contributed by atoms with Crippen LogP contribution in [-0.4, -0.2) is 26.5 Å². The summed E-state index contributed by atoms with van der Waals surface area (Å²) in [6.07, 6.45) is 2.58. The van der Waals surface area contributed by atoms with E-state index in [1.165, 1.54) is 6.92 Å². The van der Waals surface area contributed by atoms with Crippen LogP contribution in [0.1, 0.15) is 68.7 Å². The van der Waals surface area contributed by atoms with E-state index < -0.39 is 13.9 Å². The largest absolute Gasteiger partial charge is 0.454 e. The minimum Gasteiger partial charge on any atom is -0.454 e. The molecule has 0 aromatic rings. The van der Waals surface area contributed by atoms with E-state index >= 15 is 0 Å². The Hall–Kier alpha value is -0.833. The molecule has 0 rings (SSSR count). The monoisotopic (exact) mass is 354 g/mol. The average molecular weight is 355 g/mol. The van der Waals surface area contributed by atoms with Gasteiger partial charge in [0.25, 0.3) is 0 Å². The molecule has 4 heteroatoms. The van der Waals surface area contributed by atoms with Gasteiger partial charge in [-0.15, -0.1) is 5.73 Å². The molecule has 1 unspecified atom stereocenters. The van der Waals surface area contributed by atoms with Gasteiger partial charge in [-0.3, -0.25) is 4.79 Å². The summed E-state index contributed by atoms with van der Waals surface area (Å²) in [7, 11) is -1.85. The van der Waals surface area contributed by atoms with Crippen molar-refractivity contribution in [1.29, 1.82) is 0 Å². The van der Waals surface area contributed by atoms with E-state index in [9.17, 15) is 4.79 Å². The third-order valence-electron chi connectivity index (χ3n) is 5.34. The highest BCUT2D eigenvalue weighted by atomic mass is 28.4. The third kappa shape index (κ3) is 5.61. The van der Waals surface area contributed by atoms with Gasteiger partial charge in [0.05, 0.1) is 0 Å². The molecule has 0 fully saturated rings. The van der Waals surface area contributed by atoms with Crippen LogP contribution in [0.2, 0.25) is 16.6 Å². The number of rotatable bonds is 10. The maximum Gasteiger partial charge on any atom is 0.303 e. The van der Waals surface area contributed by atoms with Gasteiger partial charge < -0.3 is 9.16 Å². The van der Waals surface area contributed by atoms with Gasteiger partial charge in [0.1, 0.15) is 5.60 Å². The smallest absolute Gasteiger partial charge is 0.303 e.